The summed E-state index contributed by atoms with van der Waals surface area (Å²) in [6.07, 6.45) is 11.1. The van der Waals surface area contributed by atoms with Gasteiger partial charge in [-0.3, -0.25) is 24.9 Å². The van der Waals surface area contributed by atoms with Gasteiger partial charge >= 0.3 is 0 Å². The van der Waals surface area contributed by atoms with E-state index in [4.69, 9.17) is 4.98 Å². The molecule has 2 saturated heterocycles. The first-order valence-corrected chi connectivity index (χ1v) is 13.8. The van der Waals surface area contributed by atoms with Crippen LogP contribution in [0, 0.1) is 5.92 Å². The second kappa shape index (κ2) is 11.3. The molecule has 0 bridgehead atoms. The van der Waals surface area contributed by atoms with Crippen molar-refractivity contribution in [3.05, 3.63) is 83.4 Å². The molecular weight excluding hydrogens is 510 g/mol. The van der Waals surface area contributed by atoms with Crippen molar-refractivity contribution in [2.75, 3.05) is 24.5 Å². The van der Waals surface area contributed by atoms with E-state index in [2.05, 4.69) is 54.8 Å². The van der Waals surface area contributed by atoms with Crippen LogP contribution in [-0.4, -0.2) is 50.7 Å². The van der Waals surface area contributed by atoms with E-state index in [-0.39, 0.29) is 11.1 Å². The molecule has 2 fully saturated rings. The van der Waals surface area contributed by atoms with E-state index in [1.165, 1.54) is 0 Å². The number of hydrogen-bond acceptors (Lipinski definition) is 9. The number of imide groups is 1. The van der Waals surface area contributed by atoms with Gasteiger partial charge in [0.25, 0.3) is 11.1 Å². The summed E-state index contributed by atoms with van der Waals surface area (Å²) < 4.78 is 0. The Labute approximate surface area is 230 Å². The quantitative estimate of drug-likeness (QED) is 0.331. The average Bonchev–Trinajstić information content (AvgIpc) is 3.29. The second-order valence-corrected chi connectivity index (χ2v) is 10.7. The summed E-state index contributed by atoms with van der Waals surface area (Å²) in [7, 11) is 0. The maximum absolute atomic E-state index is 11.8. The number of aromatic nitrogens is 4. The van der Waals surface area contributed by atoms with Crippen LogP contribution in [-0.2, 0) is 11.3 Å². The molecule has 1 aromatic carbocycles. The molecule has 39 heavy (non-hydrogen) atoms. The number of fused-ring (bicyclic) bond motifs is 1. The Balaban J connectivity index is 0.995. The van der Waals surface area contributed by atoms with Crippen molar-refractivity contribution < 1.29 is 9.59 Å². The number of anilines is 1. The van der Waals surface area contributed by atoms with Crippen LogP contribution in [0.1, 0.15) is 24.1 Å². The first kappa shape index (κ1) is 25.1. The van der Waals surface area contributed by atoms with Crippen molar-refractivity contribution in [2.24, 2.45) is 5.92 Å². The molecule has 2 amide bonds. The molecule has 3 aromatic heterocycles. The molecule has 6 rings (SSSR count). The first-order chi connectivity index (χ1) is 19.1. The molecule has 9 nitrogen and oxygen atoms in total. The van der Waals surface area contributed by atoms with Gasteiger partial charge in [-0.15, -0.1) is 0 Å². The molecule has 196 valence electrons. The summed E-state index contributed by atoms with van der Waals surface area (Å²) in [5.41, 5.74) is 3.74. The number of hydrogen-bond donors (Lipinski definition) is 2. The van der Waals surface area contributed by atoms with E-state index in [9.17, 15) is 9.59 Å². The third-order valence-electron chi connectivity index (χ3n) is 7.01. The van der Waals surface area contributed by atoms with E-state index in [1.54, 1.807) is 18.3 Å². The average molecular weight is 538 g/mol. The minimum atomic E-state index is -0.382. The maximum atomic E-state index is 11.8. The number of nitrogens with zero attached hydrogens (tertiary/aromatic N) is 5. The number of amides is 2. The zero-order chi connectivity index (χ0) is 26.6. The molecule has 0 saturated carbocycles. The van der Waals surface area contributed by atoms with Crippen LogP contribution >= 0.6 is 11.8 Å². The molecule has 5 heterocycles. The highest BCUT2D eigenvalue weighted by Gasteiger charge is 2.25. The fourth-order valence-corrected chi connectivity index (χ4v) is 5.58. The largest absolute Gasteiger partial charge is 0.341 e. The molecule has 2 aliphatic heterocycles. The Hall–Kier alpha value is -4.15. The van der Waals surface area contributed by atoms with Gasteiger partial charge in [0.2, 0.25) is 5.95 Å². The molecule has 0 radical (unpaired) electrons. The normalized spacial score (nSPS) is 17.2. The summed E-state index contributed by atoms with van der Waals surface area (Å²) in [6.45, 7) is 3.45. The minimum absolute atomic E-state index is 0.352. The Kier molecular flexibility index (Phi) is 7.29. The number of carbonyl (C=O) groups excluding carboxylic acids is 2. The van der Waals surface area contributed by atoms with Gasteiger partial charge in [0, 0.05) is 55.4 Å². The summed E-state index contributed by atoms with van der Waals surface area (Å²) >= 11 is 0.890. The van der Waals surface area contributed by atoms with Crippen LogP contribution in [0.3, 0.4) is 0 Å². The molecule has 0 atom stereocenters. The van der Waals surface area contributed by atoms with E-state index in [1.807, 2.05) is 30.7 Å². The Morgan fingerprint density at radius 1 is 1.03 bits per heavy atom. The predicted octanol–water partition coefficient (Wildman–Crippen LogP) is 4.42. The standard InChI is InChI=1S/C29H27N7O2S/c37-27-26(39-29(38)35-27)13-22-7-10-32-28(34-22)36-11-8-19(9-12-36)14-30-15-20-5-6-25(33-16-20)24-18-31-17-21-3-1-2-4-23(21)24/h1-7,10,13,16-19,30H,8-9,11-12,14-15H2,(H,35,37,38)/b26-13-. The molecule has 2 aliphatic rings. The van der Waals surface area contributed by atoms with E-state index in [0.717, 1.165) is 78.4 Å². The minimum Gasteiger partial charge on any atom is -0.341 e. The van der Waals surface area contributed by atoms with Crippen LogP contribution in [0.5, 0.6) is 0 Å². The Morgan fingerprint density at radius 3 is 2.69 bits per heavy atom. The maximum Gasteiger partial charge on any atom is 0.290 e. The molecule has 0 spiro atoms. The van der Waals surface area contributed by atoms with Crippen LogP contribution in [0.4, 0.5) is 10.7 Å². The number of thioether (sulfide) groups is 1. The molecule has 0 aliphatic carbocycles. The lowest BCUT2D eigenvalue weighted by molar-refractivity contribution is -0.115. The molecule has 10 heteroatoms. The summed E-state index contributed by atoms with van der Waals surface area (Å²) in [5, 5.41) is 7.77. The summed E-state index contributed by atoms with van der Waals surface area (Å²) in [4.78, 5) is 43.9. The zero-order valence-electron chi connectivity index (χ0n) is 21.2. The van der Waals surface area contributed by atoms with Crippen LogP contribution in [0.25, 0.3) is 28.1 Å². The van der Waals surface area contributed by atoms with Gasteiger partial charge in [0.1, 0.15) is 0 Å². The van der Waals surface area contributed by atoms with E-state index in [0.29, 0.717) is 22.5 Å². The number of carbonyl (C=O) groups is 2. The number of nitrogens with one attached hydrogen (secondary N) is 2. The molecule has 0 unspecified atom stereocenters. The summed E-state index contributed by atoms with van der Waals surface area (Å²) in [5.74, 6) is 0.843. The van der Waals surface area contributed by atoms with Crippen molar-refractivity contribution >= 4 is 45.7 Å². The molecular formula is C29H27N7O2S. The fourth-order valence-electron chi connectivity index (χ4n) is 4.92. The lowest BCUT2D eigenvalue weighted by atomic mass is 9.97. The van der Waals surface area contributed by atoms with E-state index >= 15 is 0 Å². The van der Waals surface area contributed by atoms with Crippen LogP contribution in [0.15, 0.2) is 72.2 Å². The highest BCUT2D eigenvalue weighted by molar-refractivity contribution is 8.18. The number of piperidine rings is 1. The lowest BCUT2D eigenvalue weighted by Gasteiger charge is -2.32. The molecule has 2 N–H and O–H groups in total. The Bertz CT molecular complexity index is 1540. The van der Waals surface area contributed by atoms with Gasteiger partial charge in [0.15, 0.2) is 0 Å². The van der Waals surface area contributed by atoms with Gasteiger partial charge in [-0.1, -0.05) is 30.3 Å². The second-order valence-electron chi connectivity index (χ2n) is 9.65. The first-order valence-electron chi connectivity index (χ1n) is 12.9. The third-order valence-corrected chi connectivity index (χ3v) is 7.82. The highest BCUT2D eigenvalue weighted by atomic mass is 32.2. The predicted molar refractivity (Wildman–Crippen MR) is 153 cm³/mol. The van der Waals surface area contributed by atoms with Crippen molar-refractivity contribution in [3.8, 4) is 11.3 Å². The highest BCUT2D eigenvalue weighted by Crippen LogP contribution is 2.27. The molecule has 4 aromatic rings. The number of rotatable bonds is 7. The van der Waals surface area contributed by atoms with Gasteiger partial charge < -0.3 is 10.2 Å². The van der Waals surface area contributed by atoms with Gasteiger partial charge in [0.05, 0.1) is 16.3 Å². The topological polar surface area (TPSA) is 113 Å². The van der Waals surface area contributed by atoms with Crippen LogP contribution in [0.2, 0.25) is 0 Å². The van der Waals surface area contributed by atoms with Gasteiger partial charge in [-0.25, -0.2) is 9.97 Å². The summed E-state index contributed by atoms with van der Waals surface area (Å²) in [6, 6.07) is 14.2. The van der Waals surface area contributed by atoms with E-state index < -0.39 is 0 Å². The SMILES string of the molecule is O=C1NC(=O)/C(=C/c2ccnc(N3CCC(CNCc4ccc(-c5cncc6ccccc56)nc4)CC3)n2)S1. The van der Waals surface area contributed by atoms with Gasteiger partial charge in [-0.05, 0) is 66.2 Å². The Morgan fingerprint density at radius 2 is 1.90 bits per heavy atom. The van der Waals surface area contributed by atoms with Crippen LogP contribution < -0.4 is 15.5 Å². The fraction of sp³-hybridized carbons (Fsp3) is 0.241. The third kappa shape index (κ3) is 5.81. The van der Waals surface area contributed by atoms with Crippen molar-refractivity contribution in [3.63, 3.8) is 0 Å². The zero-order valence-corrected chi connectivity index (χ0v) is 22.0. The van der Waals surface area contributed by atoms with Crippen molar-refractivity contribution in [2.45, 2.75) is 19.4 Å². The monoisotopic (exact) mass is 537 g/mol. The number of benzene rings is 1. The smallest absolute Gasteiger partial charge is 0.290 e. The van der Waals surface area contributed by atoms with Crippen molar-refractivity contribution in [1.82, 2.24) is 30.6 Å². The lowest BCUT2D eigenvalue weighted by Crippen LogP contribution is -2.38. The van der Waals surface area contributed by atoms with Gasteiger partial charge in [-0.2, -0.15) is 0 Å². The van der Waals surface area contributed by atoms with Crippen molar-refractivity contribution in [1.29, 1.82) is 0 Å². The number of pyridine rings is 2.